The molecule has 106 valence electrons. The van der Waals surface area contributed by atoms with Crippen LogP contribution in [0.3, 0.4) is 0 Å². The van der Waals surface area contributed by atoms with Crippen LogP contribution in [0.2, 0.25) is 0 Å². The Bertz CT molecular complexity index is 529. The number of anilines is 1. The summed E-state index contributed by atoms with van der Waals surface area (Å²) in [4.78, 5) is 11.1. The van der Waals surface area contributed by atoms with Gasteiger partial charge >= 0.3 is 0 Å². The van der Waals surface area contributed by atoms with E-state index in [1.807, 2.05) is 19.9 Å². The first-order chi connectivity index (χ1) is 8.83. The number of hydrogen-bond acceptors (Lipinski definition) is 5. The summed E-state index contributed by atoms with van der Waals surface area (Å²) in [6.07, 6.45) is 3.10. The fourth-order valence-electron chi connectivity index (χ4n) is 2.58. The molecule has 0 aromatic carbocycles. The molecule has 2 heterocycles. The molecule has 1 saturated heterocycles. The molecule has 0 saturated carbocycles. The number of aryl methyl sites for hydroxylation is 2. The highest BCUT2D eigenvalue weighted by molar-refractivity contribution is 7.90. The van der Waals surface area contributed by atoms with Crippen LogP contribution >= 0.6 is 0 Å². The highest BCUT2D eigenvalue weighted by Crippen LogP contribution is 2.22. The number of aromatic nitrogens is 2. The Hall–Kier alpha value is -1.17. The molecule has 6 heteroatoms. The molecule has 1 fully saturated rings. The van der Waals surface area contributed by atoms with Gasteiger partial charge in [-0.1, -0.05) is 0 Å². The Morgan fingerprint density at radius 1 is 1.21 bits per heavy atom. The molecule has 19 heavy (non-hydrogen) atoms. The lowest BCUT2D eigenvalue weighted by molar-refractivity contribution is 0.432. The van der Waals surface area contributed by atoms with Gasteiger partial charge in [-0.2, -0.15) is 0 Å². The van der Waals surface area contributed by atoms with Crippen molar-refractivity contribution < 1.29 is 8.42 Å². The molecule has 1 aromatic rings. The van der Waals surface area contributed by atoms with Gasteiger partial charge in [0.05, 0.1) is 5.75 Å². The first-order valence-electron chi connectivity index (χ1n) is 6.58. The zero-order chi connectivity index (χ0) is 14.0. The van der Waals surface area contributed by atoms with Gasteiger partial charge in [-0.25, -0.2) is 18.4 Å². The molecule has 0 amide bonds. The first-order valence-corrected chi connectivity index (χ1v) is 8.64. The Morgan fingerprint density at radius 3 is 2.21 bits per heavy atom. The fourth-order valence-corrected chi connectivity index (χ4v) is 3.77. The van der Waals surface area contributed by atoms with Crippen LogP contribution in [0.5, 0.6) is 0 Å². The van der Waals surface area contributed by atoms with E-state index in [4.69, 9.17) is 0 Å². The average Bonchev–Trinajstić information content (AvgIpc) is 2.26. The van der Waals surface area contributed by atoms with Crippen LogP contribution < -0.4 is 4.90 Å². The standard InChI is InChI=1S/C13H21N3O2S/c1-10-8-11(2)15-13(14-10)16-6-4-12(5-7-16)9-19(3,17)18/h8,12H,4-7,9H2,1-3H3. The average molecular weight is 283 g/mol. The fraction of sp³-hybridized carbons (Fsp3) is 0.692. The van der Waals surface area contributed by atoms with Crippen molar-refractivity contribution in [3.63, 3.8) is 0 Å². The van der Waals surface area contributed by atoms with E-state index in [-0.39, 0.29) is 5.92 Å². The van der Waals surface area contributed by atoms with E-state index in [9.17, 15) is 8.42 Å². The van der Waals surface area contributed by atoms with Gasteiger partial charge in [-0.05, 0) is 38.7 Å². The number of piperidine rings is 1. The molecule has 0 bridgehead atoms. The molecule has 0 atom stereocenters. The molecule has 0 spiro atoms. The van der Waals surface area contributed by atoms with Crippen LogP contribution in [0.4, 0.5) is 5.95 Å². The van der Waals surface area contributed by atoms with Crippen LogP contribution in [0.1, 0.15) is 24.2 Å². The SMILES string of the molecule is Cc1cc(C)nc(N2CCC(CS(C)(=O)=O)CC2)n1. The lowest BCUT2D eigenvalue weighted by atomic mass is 9.99. The Morgan fingerprint density at radius 2 is 1.74 bits per heavy atom. The molecule has 5 nitrogen and oxygen atoms in total. The quantitative estimate of drug-likeness (QED) is 0.838. The predicted molar refractivity (Wildman–Crippen MR) is 76.2 cm³/mol. The highest BCUT2D eigenvalue weighted by Gasteiger charge is 2.23. The molecule has 0 aliphatic carbocycles. The van der Waals surface area contributed by atoms with Crippen molar-refractivity contribution in [2.45, 2.75) is 26.7 Å². The van der Waals surface area contributed by atoms with Crippen molar-refractivity contribution in [1.82, 2.24) is 9.97 Å². The third-order valence-corrected chi connectivity index (χ3v) is 4.48. The Balaban J connectivity index is 2.00. The predicted octanol–water partition coefficient (Wildman–Crippen LogP) is 1.35. The third kappa shape index (κ3) is 4.16. The van der Waals surface area contributed by atoms with E-state index in [1.165, 1.54) is 6.26 Å². The van der Waals surface area contributed by atoms with Gasteiger partial charge in [0, 0.05) is 30.7 Å². The van der Waals surface area contributed by atoms with Crippen LogP contribution in [-0.2, 0) is 9.84 Å². The summed E-state index contributed by atoms with van der Waals surface area (Å²) in [7, 11) is -2.87. The maximum Gasteiger partial charge on any atom is 0.225 e. The van der Waals surface area contributed by atoms with E-state index < -0.39 is 9.84 Å². The zero-order valence-electron chi connectivity index (χ0n) is 11.8. The van der Waals surface area contributed by atoms with E-state index in [0.717, 1.165) is 43.3 Å². The molecule has 1 aliphatic heterocycles. The number of nitrogens with zero attached hydrogens (tertiary/aromatic N) is 3. The topological polar surface area (TPSA) is 63.2 Å². The maximum atomic E-state index is 11.3. The summed E-state index contributed by atoms with van der Waals surface area (Å²) in [5.74, 6) is 1.35. The van der Waals surface area contributed by atoms with Crippen molar-refractivity contribution in [2.75, 3.05) is 30.0 Å². The summed E-state index contributed by atoms with van der Waals surface area (Å²) in [6, 6.07) is 1.96. The van der Waals surface area contributed by atoms with Crippen LogP contribution in [0, 0.1) is 19.8 Å². The van der Waals surface area contributed by atoms with Gasteiger partial charge in [-0.15, -0.1) is 0 Å². The molecule has 2 rings (SSSR count). The van der Waals surface area contributed by atoms with E-state index in [0.29, 0.717) is 5.75 Å². The smallest absolute Gasteiger partial charge is 0.225 e. The molecule has 0 N–H and O–H groups in total. The van der Waals surface area contributed by atoms with Gasteiger partial charge in [0.15, 0.2) is 0 Å². The van der Waals surface area contributed by atoms with Crippen molar-refractivity contribution in [2.24, 2.45) is 5.92 Å². The summed E-state index contributed by atoms with van der Waals surface area (Å²) in [5, 5.41) is 0. The number of hydrogen-bond donors (Lipinski definition) is 0. The Labute approximate surface area is 115 Å². The lowest BCUT2D eigenvalue weighted by Crippen LogP contribution is -2.37. The second kappa shape index (κ2) is 5.45. The lowest BCUT2D eigenvalue weighted by Gasteiger charge is -2.31. The second-order valence-electron chi connectivity index (χ2n) is 5.47. The van der Waals surface area contributed by atoms with Gasteiger partial charge in [0.2, 0.25) is 5.95 Å². The largest absolute Gasteiger partial charge is 0.341 e. The van der Waals surface area contributed by atoms with Crippen molar-refractivity contribution in [1.29, 1.82) is 0 Å². The summed E-state index contributed by atoms with van der Waals surface area (Å²) >= 11 is 0. The molecule has 0 unspecified atom stereocenters. The highest BCUT2D eigenvalue weighted by atomic mass is 32.2. The zero-order valence-corrected chi connectivity index (χ0v) is 12.6. The minimum atomic E-state index is -2.87. The summed E-state index contributed by atoms with van der Waals surface area (Å²) in [5.41, 5.74) is 1.95. The van der Waals surface area contributed by atoms with E-state index in [2.05, 4.69) is 14.9 Å². The van der Waals surface area contributed by atoms with Crippen molar-refractivity contribution >= 4 is 15.8 Å². The number of rotatable bonds is 3. The second-order valence-corrected chi connectivity index (χ2v) is 7.66. The van der Waals surface area contributed by atoms with Gasteiger partial charge in [0.1, 0.15) is 9.84 Å². The molecule has 1 aliphatic rings. The van der Waals surface area contributed by atoms with E-state index >= 15 is 0 Å². The molecular weight excluding hydrogens is 262 g/mol. The first kappa shape index (κ1) is 14.2. The summed E-state index contributed by atoms with van der Waals surface area (Å²) in [6.45, 7) is 5.61. The molecule has 1 aromatic heterocycles. The van der Waals surface area contributed by atoms with Gasteiger partial charge < -0.3 is 4.90 Å². The van der Waals surface area contributed by atoms with Gasteiger partial charge in [0.25, 0.3) is 0 Å². The van der Waals surface area contributed by atoms with E-state index in [1.54, 1.807) is 0 Å². The number of sulfone groups is 1. The van der Waals surface area contributed by atoms with Crippen molar-refractivity contribution in [3.05, 3.63) is 17.5 Å². The maximum absolute atomic E-state index is 11.3. The Kier molecular flexibility index (Phi) is 4.08. The summed E-state index contributed by atoms with van der Waals surface area (Å²) < 4.78 is 22.6. The van der Waals surface area contributed by atoms with Crippen molar-refractivity contribution in [3.8, 4) is 0 Å². The normalized spacial score (nSPS) is 17.7. The van der Waals surface area contributed by atoms with Crippen LogP contribution in [-0.4, -0.2) is 43.5 Å². The molecule has 0 radical (unpaired) electrons. The monoisotopic (exact) mass is 283 g/mol. The minimum absolute atomic E-state index is 0.275. The molecular formula is C13H21N3O2S. The minimum Gasteiger partial charge on any atom is -0.341 e. The van der Waals surface area contributed by atoms with Crippen LogP contribution in [0.25, 0.3) is 0 Å². The third-order valence-electron chi connectivity index (χ3n) is 3.41. The van der Waals surface area contributed by atoms with Crippen LogP contribution in [0.15, 0.2) is 6.07 Å². The van der Waals surface area contributed by atoms with Gasteiger partial charge in [-0.3, -0.25) is 0 Å².